The molecule has 0 aromatic carbocycles. The number of hydrogen-bond acceptors (Lipinski definition) is 2. The molecule has 58 valence electrons. The van der Waals surface area contributed by atoms with Crippen LogP contribution >= 0.6 is 0 Å². The van der Waals surface area contributed by atoms with Crippen LogP contribution in [0.5, 0.6) is 0 Å². The molecule has 2 nitrogen and oxygen atoms in total. The highest BCUT2D eigenvalue weighted by Crippen LogP contribution is 2.24. The molecule has 0 saturated carbocycles. The Kier molecular flexibility index (Phi) is 2.92. The van der Waals surface area contributed by atoms with Crippen molar-refractivity contribution in [2.75, 3.05) is 6.51 Å². The van der Waals surface area contributed by atoms with Gasteiger partial charge in [-0.2, -0.15) is 0 Å². The van der Waals surface area contributed by atoms with Crippen LogP contribution < -0.4 is 0 Å². The fraction of sp³-hybridized carbons (Fsp3) is 1.00. The number of aliphatic hydroxyl groups is 1. The lowest BCUT2D eigenvalue weighted by molar-refractivity contribution is -0.135. The summed E-state index contributed by atoms with van der Waals surface area (Å²) in [6, 6.07) is 0. The van der Waals surface area contributed by atoms with Crippen LogP contribution in [0.4, 0.5) is 0 Å². The second-order valence-corrected chi connectivity index (χ2v) is 3.38. The normalized spacial score (nSPS) is 13.7. The van der Waals surface area contributed by atoms with E-state index in [4.69, 9.17) is 12.6 Å². The smallest absolute Gasteiger partial charge is 0.104 e. The molecule has 0 heterocycles. The molecule has 0 unspecified atom stereocenters. The SMILES string of the molecule is [B]COC(C)(C)C(C)(C)O. The van der Waals surface area contributed by atoms with Crippen LogP contribution in [-0.2, 0) is 4.74 Å². The number of hydrogen-bond donors (Lipinski definition) is 1. The maximum Gasteiger partial charge on any atom is 0.104 e. The summed E-state index contributed by atoms with van der Waals surface area (Å²) in [6.45, 7) is 7.14. The molecular formula is C7H15BO2. The van der Waals surface area contributed by atoms with Crippen LogP contribution in [0.25, 0.3) is 0 Å². The first-order valence-corrected chi connectivity index (χ1v) is 3.37. The summed E-state index contributed by atoms with van der Waals surface area (Å²) >= 11 is 0. The molecule has 0 rings (SSSR count). The van der Waals surface area contributed by atoms with E-state index in [1.165, 1.54) is 0 Å². The molecule has 0 aromatic rings. The zero-order valence-electron chi connectivity index (χ0n) is 7.14. The summed E-state index contributed by atoms with van der Waals surface area (Å²) < 4.78 is 5.12. The molecule has 0 saturated heterocycles. The Balaban J connectivity index is 4.10. The highest BCUT2D eigenvalue weighted by Gasteiger charge is 2.35. The monoisotopic (exact) mass is 142 g/mol. The largest absolute Gasteiger partial charge is 0.387 e. The Labute approximate surface area is 64.0 Å². The van der Waals surface area contributed by atoms with Gasteiger partial charge in [-0.15, -0.1) is 0 Å². The van der Waals surface area contributed by atoms with E-state index in [1.54, 1.807) is 27.7 Å². The van der Waals surface area contributed by atoms with Gasteiger partial charge in [0.15, 0.2) is 0 Å². The quantitative estimate of drug-likeness (QED) is 0.587. The van der Waals surface area contributed by atoms with Crippen molar-refractivity contribution >= 4 is 7.85 Å². The van der Waals surface area contributed by atoms with E-state index in [0.717, 1.165) is 0 Å². The van der Waals surface area contributed by atoms with Crippen LogP contribution in [0.2, 0.25) is 0 Å². The van der Waals surface area contributed by atoms with Gasteiger partial charge in [0.1, 0.15) is 7.85 Å². The molecule has 0 aliphatic heterocycles. The molecule has 0 fully saturated rings. The maximum absolute atomic E-state index is 9.50. The fourth-order valence-electron chi connectivity index (χ4n) is 0.385. The van der Waals surface area contributed by atoms with Gasteiger partial charge in [-0.25, -0.2) is 0 Å². The van der Waals surface area contributed by atoms with Gasteiger partial charge in [0.25, 0.3) is 0 Å². The van der Waals surface area contributed by atoms with Gasteiger partial charge in [0.05, 0.1) is 11.2 Å². The topological polar surface area (TPSA) is 29.5 Å². The average Bonchev–Trinajstić information content (AvgIpc) is 1.61. The first kappa shape index (κ1) is 9.98. The van der Waals surface area contributed by atoms with Gasteiger partial charge in [0, 0.05) is 6.51 Å². The van der Waals surface area contributed by atoms with Crippen molar-refractivity contribution in [1.82, 2.24) is 0 Å². The molecule has 0 aliphatic carbocycles. The predicted molar refractivity (Wildman–Crippen MR) is 42.1 cm³/mol. The molecule has 1 N–H and O–H groups in total. The predicted octanol–water partition coefficient (Wildman–Crippen LogP) is 0.678. The maximum atomic E-state index is 9.50. The summed E-state index contributed by atoms with van der Waals surface area (Å²) in [7, 11) is 5.18. The standard InChI is InChI=1S/C7H15BO2/c1-6(2,9)7(3,4)10-5-8/h9H,5H2,1-4H3. The van der Waals surface area contributed by atoms with Crippen LogP contribution in [0.1, 0.15) is 27.7 Å². The third-order valence-electron chi connectivity index (χ3n) is 1.92. The van der Waals surface area contributed by atoms with Gasteiger partial charge in [-0.05, 0) is 27.7 Å². The average molecular weight is 142 g/mol. The van der Waals surface area contributed by atoms with Gasteiger partial charge in [-0.1, -0.05) is 0 Å². The van der Waals surface area contributed by atoms with Gasteiger partial charge in [0.2, 0.25) is 0 Å². The zero-order chi connectivity index (χ0) is 8.41. The second-order valence-electron chi connectivity index (χ2n) is 3.38. The van der Waals surface area contributed by atoms with Crippen LogP contribution in [0.3, 0.4) is 0 Å². The first-order chi connectivity index (χ1) is 4.31. The minimum Gasteiger partial charge on any atom is -0.387 e. The van der Waals surface area contributed by atoms with Gasteiger partial charge >= 0.3 is 0 Å². The molecular weight excluding hydrogens is 127 g/mol. The summed E-state index contributed by atoms with van der Waals surface area (Å²) in [4.78, 5) is 0. The van der Waals surface area contributed by atoms with Crippen molar-refractivity contribution < 1.29 is 9.84 Å². The molecule has 0 atom stereocenters. The Hall–Kier alpha value is -0.0151. The lowest BCUT2D eigenvalue weighted by Crippen LogP contribution is -2.47. The Morgan fingerprint density at radius 3 is 1.80 bits per heavy atom. The highest BCUT2D eigenvalue weighted by molar-refractivity contribution is 6.08. The van der Waals surface area contributed by atoms with Crippen LogP contribution in [0, 0.1) is 0 Å². The second kappa shape index (κ2) is 2.93. The van der Waals surface area contributed by atoms with E-state index in [0.29, 0.717) is 0 Å². The molecule has 0 aromatic heterocycles. The van der Waals surface area contributed by atoms with E-state index < -0.39 is 11.2 Å². The van der Waals surface area contributed by atoms with Gasteiger partial charge < -0.3 is 9.84 Å². The number of rotatable bonds is 3. The zero-order valence-corrected chi connectivity index (χ0v) is 7.14. The lowest BCUT2D eigenvalue weighted by atomic mass is 9.89. The van der Waals surface area contributed by atoms with E-state index >= 15 is 0 Å². The summed E-state index contributed by atoms with van der Waals surface area (Å²) in [6.07, 6.45) is 0. The summed E-state index contributed by atoms with van der Waals surface area (Å²) in [5.74, 6) is 0. The molecule has 3 heteroatoms. The summed E-state index contributed by atoms with van der Waals surface area (Å²) in [5, 5.41) is 9.50. The molecule has 0 spiro atoms. The minimum absolute atomic E-state index is 0.136. The van der Waals surface area contributed by atoms with Crippen molar-refractivity contribution in [3.8, 4) is 0 Å². The fourth-order valence-corrected chi connectivity index (χ4v) is 0.385. The minimum atomic E-state index is -0.855. The first-order valence-electron chi connectivity index (χ1n) is 3.37. The summed E-state index contributed by atoms with van der Waals surface area (Å²) in [5.41, 5.74) is -1.44. The molecule has 0 aliphatic rings. The van der Waals surface area contributed by atoms with E-state index in [-0.39, 0.29) is 6.51 Å². The highest BCUT2D eigenvalue weighted by atomic mass is 16.5. The van der Waals surface area contributed by atoms with Crippen LogP contribution in [0.15, 0.2) is 0 Å². The third-order valence-corrected chi connectivity index (χ3v) is 1.92. The van der Waals surface area contributed by atoms with Crippen molar-refractivity contribution in [3.05, 3.63) is 0 Å². The van der Waals surface area contributed by atoms with E-state index in [2.05, 4.69) is 0 Å². The molecule has 10 heavy (non-hydrogen) atoms. The van der Waals surface area contributed by atoms with Crippen molar-refractivity contribution in [1.29, 1.82) is 0 Å². The molecule has 2 radical (unpaired) electrons. The Morgan fingerprint density at radius 1 is 1.30 bits per heavy atom. The number of ether oxygens (including phenoxy) is 1. The third kappa shape index (κ3) is 2.31. The molecule has 0 bridgehead atoms. The lowest BCUT2D eigenvalue weighted by Gasteiger charge is -2.36. The Bertz CT molecular complexity index is 105. The van der Waals surface area contributed by atoms with Gasteiger partial charge in [-0.3, -0.25) is 0 Å². The van der Waals surface area contributed by atoms with Crippen molar-refractivity contribution in [3.63, 3.8) is 0 Å². The van der Waals surface area contributed by atoms with Crippen LogP contribution in [-0.4, -0.2) is 30.7 Å². The molecule has 0 amide bonds. The Morgan fingerprint density at radius 2 is 1.70 bits per heavy atom. The van der Waals surface area contributed by atoms with Crippen molar-refractivity contribution in [2.24, 2.45) is 0 Å². The van der Waals surface area contributed by atoms with E-state index in [1.807, 2.05) is 0 Å². The van der Waals surface area contributed by atoms with Crippen molar-refractivity contribution in [2.45, 2.75) is 38.9 Å². The van der Waals surface area contributed by atoms with E-state index in [9.17, 15) is 5.11 Å².